The molecule has 96 valence electrons. The Labute approximate surface area is 89.9 Å². The van der Waals surface area contributed by atoms with Crippen LogP contribution in [-0.4, -0.2) is 51.7 Å². The van der Waals surface area contributed by atoms with E-state index in [0.29, 0.717) is 0 Å². The highest BCUT2D eigenvalue weighted by atomic mass is 19.3. The molecule has 1 N–H and O–H groups in total. The van der Waals surface area contributed by atoms with E-state index in [1.54, 1.807) is 0 Å². The number of halogens is 4. The Kier molecular flexibility index (Phi) is 6.27. The third-order valence-electron chi connectivity index (χ3n) is 1.73. The SMILES string of the molecule is CNC(COCC(F)(F)C(F)F)C(=O)OC. The van der Waals surface area contributed by atoms with Crippen LogP contribution >= 0.6 is 0 Å². The fourth-order valence-corrected chi connectivity index (χ4v) is 0.787. The number of methoxy groups -OCH3 is 1. The lowest BCUT2D eigenvalue weighted by atomic mass is 10.3. The molecule has 0 amide bonds. The molecule has 0 saturated heterocycles. The molecule has 0 saturated carbocycles. The number of esters is 1. The lowest BCUT2D eigenvalue weighted by Gasteiger charge is -2.18. The second kappa shape index (κ2) is 6.64. The Balaban J connectivity index is 4.00. The summed E-state index contributed by atoms with van der Waals surface area (Å²) in [7, 11) is 2.50. The van der Waals surface area contributed by atoms with E-state index < -0.39 is 37.6 Å². The van der Waals surface area contributed by atoms with Crippen LogP contribution < -0.4 is 5.32 Å². The van der Waals surface area contributed by atoms with Crippen molar-refractivity contribution >= 4 is 5.97 Å². The molecule has 0 bridgehead atoms. The van der Waals surface area contributed by atoms with Gasteiger partial charge in [-0.1, -0.05) is 0 Å². The van der Waals surface area contributed by atoms with E-state index in [4.69, 9.17) is 0 Å². The van der Waals surface area contributed by atoms with Crippen LogP contribution in [0.5, 0.6) is 0 Å². The minimum Gasteiger partial charge on any atom is -0.468 e. The zero-order chi connectivity index (χ0) is 12.8. The van der Waals surface area contributed by atoms with E-state index >= 15 is 0 Å². The fraction of sp³-hybridized carbons (Fsp3) is 0.875. The van der Waals surface area contributed by atoms with E-state index in [1.165, 1.54) is 7.05 Å². The highest BCUT2D eigenvalue weighted by molar-refractivity contribution is 5.75. The molecule has 1 atom stereocenters. The number of rotatable bonds is 7. The molecule has 0 spiro atoms. The van der Waals surface area contributed by atoms with Crippen molar-refractivity contribution < 1.29 is 31.8 Å². The zero-order valence-corrected chi connectivity index (χ0v) is 8.81. The number of carbonyl (C=O) groups excluding carboxylic acids is 1. The van der Waals surface area contributed by atoms with Gasteiger partial charge in [0.1, 0.15) is 12.6 Å². The molecule has 0 aliphatic rings. The van der Waals surface area contributed by atoms with Gasteiger partial charge in [-0.05, 0) is 7.05 Å². The molecule has 4 nitrogen and oxygen atoms in total. The Morgan fingerprint density at radius 2 is 2.00 bits per heavy atom. The Morgan fingerprint density at radius 3 is 2.38 bits per heavy atom. The third-order valence-corrected chi connectivity index (χ3v) is 1.73. The van der Waals surface area contributed by atoms with E-state index in [0.717, 1.165) is 7.11 Å². The highest BCUT2D eigenvalue weighted by Crippen LogP contribution is 2.22. The van der Waals surface area contributed by atoms with Crippen LogP contribution in [0.3, 0.4) is 0 Å². The van der Waals surface area contributed by atoms with Crippen LogP contribution in [-0.2, 0) is 14.3 Å². The van der Waals surface area contributed by atoms with Crippen molar-refractivity contribution in [1.29, 1.82) is 0 Å². The number of hydrogen-bond acceptors (Lipinski definition) is 4. The monoisotopic (exact) mass is 247 g/mol. The van der Waals surface area contributed by atoms with Gasteiger partial charge < -0.3 is 14.8 Å². The summed E-state index contributed by atoms with van der Waals surface area (Å²) in [4.78, 5) is 10.9. The molecule has 0 radical (unpaired) electrons. The first-order valence-corrected chi connectivity index (χ1v) is 4.34. The second-order valence-corrected chi connectivity index (χ2v) is 2.94. The van der Waals surface area contributed by atoms with E-state index in [1.807, 2.05) is 0 Å². The van der Waals surface area contributed by atoms with Gasteiger partial charge in [0, 0.05) is 0 Å². The zero-order valence-electron chi connectivity index (χ0n) is 8.81. The maximum Gasteiger partial charge on any atom is 0.330 e. The Bertz CT molecular complexity index is 225. The maximum absolute atomic E-state index is 12.4. The molecule has 1 unspecified atom stereocenters. The van der Waals surface area contributed by atoms with Crippen molar-refractivity contribution in [1.82, 2.24) is 5.32 Å². The van der Waals surface area contributed by atoms with Crippen molar-refractivity contribution in [3.63, 3.8) is 0 Å². The first-order chi connectivity index (χ1) is 7.35. The molecule has 0 aromatic rings. The van der Waals surface area contributed by atoms with Gasteiger partial charge in [-0.15, -0.1) is 0 Å². The molecule has 0 aromatic heterocycles. The first kappa shape index (κ1) is 15.1. The molecule has 0 aliphatic carbocycles. The number of ether oxygens (including phenoxy) is 2. The predicted octanol–water partition coefficient (Wildman–Crippen LogP) is 0.664. The average Bonchev–Trinajstić information content (AvgIpc) is 2.23. The Hall–Kier alpha value is -0.890. The largest absolute Gasteiger partial charge is 0.468 e. The molecule has 0 aromatic carbocycles. The van der Waals surface area contributed by atoms with Crippen LogP contribution in [0.2, 0.25) is 0 Å². The van der Waals surface area contributed by atoms with Gasteiger partial charge in [0.25, 0.3) is 0 Å². The first-order valence-electron chi connectivity index (χ1n) is 4.34. The van der Waals surface area contributed by atoms with Gasteiger partial charge in [-0.2, -0.15) is 8.78 Å². The van der Waals surface area contributed by atoms with Crippen LogP contribution in [0.4, 0.5) is 17.6 Å². The second-order valence-electron chi connectivity index (χ2n) is 2.94. The minimum absolute atomic E-state index is 0.467. The van der Waals surface area contributed by atoms with E-state index in [-0.39, 0.29) is 0 Å². The maximum atomic E-state index is 12.4. The summed E-state index contributed by atoms with van der Waals surface area (Å²) in [6, 6.07) is -0.960. The average molecular weight is 247 g/mol. The van der Waals surface area contributed by atoms with Gasteiger partial charge in [0.2, 0.25) is 0 Å². The van der Waals surface area contributed by atoms with Crippen molar-refractivity contribution in [2.24, 2.45) is 0 Å². The lowest BCUT2D eigenvalue weighted by molar-refractivity contribution is -0.170. The van der Waals surface area contributed by atoms with Gasteiger partial charge in [-0.3, -0.25) is 4.79 Å². The molecule has 0 fully saturated rings. The number of hydrogen-bond donors (Lipinski definition) is 1. The summed E-state index contributed by atoms with van der Waals surface area (Å²) in [5.41, 5.74) is 0. The molecule has 0 aliphatic heterocycles. The van der Waals surface area contributed by atoms with Crippen LogP contribution in [0.1, 0.15) is 0 Å². The summed E-state index contributed by atoms with van der Waals surface area (Å²) in [5, 5.41) is 2.44. The third kappa shape index (κ3) is 4.75. The fourth-order valence-electron chi connectivity index (χ4n) is 0.787. The summed E-state index contributed by atoms with van der Waals surface area (Å²) < 4.78 is 56.8. The van der Waals surface area contributed by atoms with Gasteiger partial charge in [-0.25, -0.2) is 8.78 Å². The van der Waals surface area contributed by atoms with Crippen LogP contribution in [0, 0.1) is 0 Å². The summed E-state index contributed by atoms with van der Waals surface area (Å²) in [5.74, 6) is -4.93. The normalized spacial score (nSPS) is 13.9. The number of alkyl halides is 4. The number of likely N-dealkylation sites (N-methyl/N-ethyl adjacent to an activating group) is 1. The topological polar surface area (TPSA) is 47.6 Å². The summed E-state index contributed by atoms with van der Waals surface area (Å²) >= 11 is 0. The molecular formula is C8H13F4NO3. The number of nitrogens with one attached hydrogen (secondary N) is 1. The van der Waals surface area contributed by atoms with Crippen molar-refractivity contribution in [2.75, 3.05) is 27.4 Å². The predicted molar refractivity (Wildman–Crippen MR) is 46.6 cm³/mol. The van der Waals surface area contributed by atoms with Crippen LogP contribution in [0.25, 0.3) is 0 Å². The number of carbonyl (C=O) groups is 1. The van der Waals surface area contributed by atoms with E-state index in [9.17, 15) is 22.4 Å². The van der Waals surface area contributed by atoms with Crippen LogP contribution in [0.15, 0.2) is 0 Å². The molecular weight excluding hydrogens is 234 g/mol. The van der Waals surface area contributed by atoms with Gasteiger partial charge in [0.05, 0.1) is 13.7 Å². The lowest BCUT2D eigenvalue weighted by Crippen LogP contribution is -2.41. The Morgan fingerprint density at radius 1 is 1.44 bits per heavy atom. The summed E-state index contributed by atoms with van der Waals surface area (Å²) in [6.07, 6.45) is -3.79. The van der Waals surface area contributed by atoms with Crippen molar-refractivity contribution in [3.05, 3.63) is 0 Å². The highest BCUT2D eigenvalue weighted by Gasteiger charge is 2.41. The van der Waals surface area contributed by atoms with E-state index in [2.05, 4.69) is 14.8 Å². The molecule has 0 heterocycles. The smallest absolute Gasteiger partial charge is 0.330 e. The minimum atomic E-state index is -4.21. The molecule has 0 rings (SSSR count). The quantitative estimate of drug-likeness (QED) is 0.530. The summed E-state index contributed by atoms with van der Waals surface area (Å²) in [6.45, 7) is -1.91. The van der Waals surface area contributed by atoms with Crippen molar-refractivity contribution in [3.8, 4) is 0 Å². The van der Waals surface area contributed by atoms with Gasteiger partial charge in [0.15, 0.2) is 0 Å². The standard InChI is InChI=1S/C8H13F4NO3/c1-13-5(6(14)15-2)3-16-4-8(11,12)7(9)10/h5,7,13H,3-4H2,1-2H3. The molecule has 8 heteroatoms. The molecule has 16 heavy (non-hydrogen) atoms. The van der Waals surface area contributed by atoms with Crippen molar-refractivity contribution in [2.45, 2.75) is 18.4 Å². The van der Waals surface area contributed by atoms with Gasteiger partial charge >= 0.3 is 18.3 Å².